The molecule has 1 fully saturated rings. The lowest BCUT2D eigenvalue weighted by atomic mass is 10.1. The van der Waals surface area contributed by atoms with Gasteiger partial charge in [-0.05, 0) is 12.5 Å². The van der Waals surface area contributed by atoms with Crippen molar-refractivity contribution in [2.45, 2.75) is 33.4 Å². The third-order valence-electron chi connectivity index (χ3n) is 6.12. The number of benzene rings is 1. The minimum absolute atomic E-state index is 0. The quantitative estimate of drug-likeness (QED) is 0.573. The Kier molecular flexibility index (Phi) is 8.41. The highest BCUT2D eigenvalue weighted by molar-refractivity contribution is 5.85. The molecule has 1 aromatic carbocycles. The van der Waals surface area contributed by atoms with E-state index in [0.717, 1.165) is 55.4 Å². The molecule has 176 valence electrons. The SMILES string of the molecule is CCC(=O)NCc1ccc(-c2nccnc2N2CCN(Cc3cnn(C)c3C)CC2)cc1.Cl. The molecule has 1 aliphatic rings. The molecule has 0 unspecified atom stereocenters. The van der Waals surface area contributed by atoms with E-state index in [1.54, 1.807) is 12.4 Å². The third-order valence-corrected chi connectivity index (χ3v) is 6.12. The summed E-state index contributed by atoms with van der Waals surface area (Å²) in [7, 11) is 1.99. The second kappa shape index (κ2) is 11.2. The average Bonchev–Trinajstić information content (AvgIpc) is 3.15. The highest BCUT2D eigenvalue weighted by atomic mass is 35.5. The predicted octanol–water partition coefficient (Wildman–Crippen LogP) is 2.96. The monoisotopic (exact) mass is 469 g/mol. The number of hydrogen-bond donors (Lipinski definition) is 1. The molecule has 1 N–H and O–H groups in total. The van der Waals surface area contributed by atoms with Gasteiger partial charge in [-0.3, -0.25) is 19.4 Å². The maximum atomic E-state index is 11.5. The van der Waals surface area contributed by atoms with Crippen LogP contribution in [0, 0.1) is 6.92 Å². The number of rotatable bonds is 7. The van der Waals surface area contributed by atoms with Gasteiger partial charge in [0, 0.05) is 82.0 Å². The Morgan fingerprint density at radius 3 is 2.39 bits per heavy atom. The van der Waals surface area contributed by atoms with Crippen LogP contribution in [-0.4, -0.2) is 56.7 Å². The van der Waals surface area contributed by atoms with Gasteiger partial charge in [-0.15, -0.1) is 12.4 Å². The summed E-state index contributed by atoms with van der Waals surface area (Å²) in [6.45, 7) is 9.20. The lowest BCUT2D eigenvalue weighted by Gasteiger charge is -2.35. The molecule has 3 aromatic rings. The number of aromatic nitrogens is 4. The molecule has 9 heteroatoms. The standard InChI is InChI=1S/C24H31N7O.ClH/c1-4-22(32)27-15-19-5-7-20(8-6-19)23-24(26-10-9-25-23)31-13-11-30(12-14-31)17-21-16-28-29(3)18(21)2;/h5-10,16H,4,11-15,17H2,1-3H3,(H,27,32);1H. The van der Waals surface area contributed by atoms with Gasteiger partial charge < -0.3 is 10.2 Å². The van der Waals surface area contributed by atoms with Crippen LogP contribution in [0.25, 0.3) is 11.3 Å². The molecule has 33 heavy (non-hydrogen) atoms. The summed E-state index contributed by atoms with van der Waals surface area (Å²) in [6, 6.07) is 8.19. The largest absolute Gasteiger partial charge is 0.352 e. The van der Waals surface area contributed by atoms with Crippen LogP contribution in [0.2, 0.25) is 0 Å². The van der Waals surface area contributed by atoms with Crippen molar-refractivity contribution in [2.24, 2.45) is 7.05 Å². The van der Waals surface area contributed by atoms with Crippen molar-refractivity contribution in [3.63, 3.8) is 0 Å². The molecule has 1 aliphatic heterocycles. The van der Waals surface area contributed by atoms with Gasteiger partial charge in [0.2, 0.25) is 5.91 Å². The van der Waals surface area contributed by atoms with Crippen molar-refractivity contribution >= 4 is 24.1 Å². The topological polar surface area (TPSA) is 79.2 Å². The first-order valence-electron chi connectivity index (χ1n) is 11.2. The van der Waals surface area contributed by atoms with E-state index < -0.39 is 0 Å². The van der Waals surface area contributed by atoms with E-state index >= 15 is 0 Å². The van der Waals surface area contributed by atoms with Gasteiger partial charge in [0.1, 0.15) is 5.69 Å². The Labute approximate surface area is 201 Å². The number of piperazine rings is 1. The summed E-state index contributed by atoms with van der Waals surface area (Å²) in [6.07, 6.45) is 5.98. The number of halogens is 1. The predicted molar refractivity (Wildman–Crippen MR) is 132 cm³/mol. The van der Waals surface area contributed by atoms with Crippen molar-refractivity contribution in [1.82, 2.24) is 30.0 Å². The van der Waals surface area contributed by atoms with E-state index in [1.165, 1.54) is 11.3 Å². The summed E-state index contributed by atoms with van der Waals surface area (Å²) < 4.78 is 1.93. The Morgan fingerprint density at radius 2 is 1.76 bits per heavy atom. The summed E-state index contributed by atoms with van der Waals surface area (Å²) in [5, 5.41) is 7.27. The Balaban J connectivity index is 0.00000306. The van der Waals surface area contributed by atoms with Crippen LogP contribution in [0.15, 0.2) is 42.9 Å². The first-order chi connectivity index (χ1) is 15.5. The van der Waals surface area contributed by atoms with Crippen LogP contribution in [0.5, 0.6) is 0 Å². The fourth-order valence-electron chi connectivity index (χ4n) is 3.93. The minimum Gasteiger partial charge on any atom is -0.352 e. The van der Waals surface area contributed by atoms with Gasteiger partial charge in [0.15, 0.2) is 5.82 Å². The highest BCUT2D eigenvalue weighted by Gasteiger charge is 2.22. The Morgan fingerprint density at radius 1 is 1.06 bits per heavy atom. The Bertz CT molecular complexity index is 1060. The zero-order valence-corrected chi connectivity index (χ0v) is 20.3. The fraction of sp³-hybridized carbons (Fsp3) is 0.417. The van der Waals surface area contributed by atoms with E-state index in [0.29, 0.717) is 13.0 Å². The molecule has 0 atom stereocenters. The summed E-state index contributed by atoms with van der Waals surface area (Å²) in [5.74, 6) is 0.986. The summed E-state index contributed by atoms with van der Waals surface area (Å²) >= 11 is 0. The minimum atomic E-state index is 0. The van der Waals surface area contributed by atoms with Gasteiger partial charge in [-0.2, -0.15) is 5.10 Å². The van der Waals surface area contributed by atoms with Crippen molar-refractivity contribution < 1.29 is 4.79 Å². The number of anilines is 1. The number of hydrogen-bond acceptors (Lipinski definition) is 6. The smallest absolute Gasteiger partial charge is 0.219 e. The van der Waals surface area contributed by atoms with Crippen LogP contribution in [0.4, 0.5) is 5.82 Å². The van der Waals surface area contributed by atoms with Gasteiger partial charge in [0.05, 0.1) is 6.20 Å². The van der Waals surface area contributed by atoms with E-state index in [2.05, 4.69) is 49.2 Å². The lowest BCUT2D eigenvalue weighted by Crippen LogP contribution is -2.46. The number of nitrogens with zero attached hydrogens (tertiary/aromatic N) is 6. The highest BCUT2D eigenvalue weighted by Crippen LogP contribution is 2.28. The molecule has 8 nitrogen and oxygen atoms in total. The molecular formula is C24H32ClN7O. The molecule has 3 heterocycles. The van der Waals surface area contributed by atoms with Crippen LogP contribution in [-0.2, 0) is 24.9 Å². The van der Waals surface area contributed by atoms with Crippen LogP contribution in [0.1, 0.15) is 30.2 Å². The number of nitrogens with one attached hydrogen (secondary N) is 1. The number of aryl methyl sites for hydroxylation is 1. The normalized spacial score (nSPS) is 14.1. The molecule has 1 amide bonds. The van der Waals surface area contributed by atoms with E-state index in [-0.39, 0.29) is 18.3 Å². The van der Waals surface area contributed by atoms with Crippen LogP contribution >= 0.6 is 12.4 Å². The van der Waals surface area contributed by atoms with Crippen molar-refractivity contribution in [1.29, 1.82) is 0 Å². The average molecular weight is 470 g/mol. The first-order valence-corrected chi connectivity index (χ1v) is 11.2. The summed E-state index contributed by atoms with van der Waals surface area (Å²) in [5.41, 5.74) is 5.51. The van der Waals surface area contributed by atoms with Crippen molar-refractivity contribution in [3.8, 4) is 11.3 Å². The van der Waals surface area contributed by atoms with Gasteiger partial charge in [-0.1, -0.05) is 31.2 Å². The molecule has 0 radical (unpaired) electrons. The fourth-order valence-corrected chi connectivity index (χ4v) is 3.93. The van der Waals surface area contributed by atoms with Crippen molar-refractivity contribution in [3.05, 3.63) is 59.7 Å². The van der Waals surface area contributed by atoms with Gasteiger partial charge >= 0.3 is 0 Å². The van der Waals surface area contributed by atoms with E-state index in [1.807, 2.05) is 37.0 Å². The molecule has 0 spiro atoms. The van der Waals surface area contributed by atoms with E-state index in [4.69, 9.17) is 0 Å². The number of amides is 1. The van der Waals surface area contributed by atoms with Gasteiger partial charge in [-0.25, -0.2) is 4.98 Å². The molecule has 4 rings (SSSR count). The van der Waals surface area contributed by atoms with Crippen molar-refractivity contribution in [2.75, 3.05) is 31.1 Å². The number of carbonyl (C=O) groups is 1. The molecule has 0 aliphatic carbocycles. The maximum absolute atomic E-state index is 11.5. The third kappa shape index (κ3) is 5.89. The zero-order valence-electron chi connectivity index (χ0n) is 19.5. The molecule has 2 aromatic heterocycles. The lowest BCUT2D eigenvalue weighted by molar-refractivity contribution is -0.120. The molecule has 0 saturated carbocycles. The van der Waals surface area contributed by atoms with Crippen LogP contribution in [0.3, 0.4) is 0 Å². The molecule has 0 bridgehead atoms. The summed E-state index contributed by atoms with van der Waals surface area (Å²) in [4.78, 5) is 25.6. The number of carbonyl (C=O) groups excluding carboxylic acids is 1. The maximum Gasteiger partial charge on any atom is 0.219 e. The van der Waals surface area contributed by atoms with Crippen LogP contribution < -0.4 is 10.2 Å². The second-order valence-corrected chi connectivity index (χ2v) is 8.20. The Hall–Kier alpha value is -2.97. The molecule has 1 saturated heterocycles. The molecular weight excluding hydrogens is 438 g/mol. The zero-order chi connectivity index (χ0) is 22.5. The second-order valence-electron chi connectivity index (χ2n) is 8.20. The first kappa shape index (κ1) is 24.7. The van der Waals surface area contributed by atoms with Gasteiger partial charge in [0.25, 0.3) is 0 Å². The van der Waals surface area contributed by atoms with E-state index in [9.17, 15) is 4.79 Å².